The van der Waals surface area contributed by atoms with Crippen molar-refractivity contribution < 1.29 is 9.53 Å². The van der Waals surface area contributed by atoms with Gasteiger partial charge in [0.25, 0.3) is 0 Å². The van der Waals surface area contributed by atoms with Gasteiger partial charge in [0.05, 0.1) is 29.3 Å². The first kappa shape index (κ1) is 24.4. The molecule has 3 heterocycles. The summed E-state index contributed by atoms with van der Waals surface area (Å²) in [6, 6.07) is 15.6. The van der Waals surface area contributed by atoms with E-state index in [4.69, 9.17) is 21.6 Å². The molecule has 2 aromatic carbocycles. The summed E-state index contributed by atoms with van der Waals surface area (Å²) in [6.07, 6.45) is 6.88. The molecular formula is C28H30ClN5O2. The normalized spacial score (nSPS) is 17.0. The number of hydrogen-bond donors (Lipinski definition) is 0. The number of nitriles is 1. The van der Waals surface area contributed by atoms with Gasteiger partial charge in [-0.15, -0.1) is 0 Å². The number of halogens is 1. The highest BCUT2D eigenvalue weighted by atomic mass is 35.5. The number of imidazole rings is 1. The lowest BCUT2D eigenvalue weighted by molar-refractivity contribution is -0.0438. The van der Waals surface area contributed by atoms with Gasteiger partial charge in [0.15, 0.2) is 0 Å². The number of carbonyl (C=O) groups is 1. The summed E-state index contributed by atoms with van der Waals surface area (Å²) in [5, 5.41) is 9.69. The Morgan fingerprint density at radius 2 is 1.92 bits per heavy atom. The zero-order chi connectivity index (χ0) is 25.1. The Labute approximate surface area is 216 Å². The number of aromatic nitrogens is 2. The van der Waals surface area contributed by atoms with E-state index in [1.165, 1.54) is 0 Å². The van der Waals surface area contributed by atoms with Crippen molar-refractivity contribution in [2.24, 2.45) is 0 Å². The number of nitrogens with zero attached hydrogens (tertiary/aromatic N) is 5. The molecule has 1 fully saturated rings. The summed E-state index contributed by atoms with van der Waals surface area (Å²) >= 11 is 6.40. The molecule has 186 valence electrons. The molecule has 5 rings (SSSR count). The van der Waals surface area contributed by atoms with E-state index in [9.17, 15) is 4.79 Å². The van der Waals surface area contributed by atoms with Crippen molar-refractivity contribution in [3.8, 4) is 6.07 Å². The Morgan fingerprint density at radius 3 is 2.64 bits per heavy atom. The minimum atomic E-state index is -0.640. The Hall–Kier alpha value is -3.34. The zero-order valence-corrected chi connectivity index (χ0v) is 21.2. The fourth-order valence-corrected chi connectivity index (χ4v) is 5.36. The average molecular weight is 504 g/mol. The van der Waals surface area contributed by atoms with Crippen LogP contribution in [0.4, 0.5) is 10.5 Å². The van der Waals surface area contributed by atoms with Crippen LogP contribution in [0.3, 0.4) is 0 Å². The van der Waals surface area contributed by atoms with Crippen molar-refractivity contribution in [3.05, 3.63) is 82.4 Å². The molecule has 0 N–H and O–H groups in total. The minimum absolute atomic E-state index is 0.257. The number of fused-ring (bicyclic) bond motifs is 2. The van der Waals surface area contributed by atoms with Crippen molar-refractivity contribution in [3.63, 3.8) is 0 Å². The molecule has 0 atom stereocenters. The molecule has 3 aromatic rings. The van der Waals surface area contributed by atoms with E-state index in [0.717, 1.165) is 67.8 Å². The van der Waals surface area contributed by atoms with Crippen molar-refractivity contribution in [2.75, 3.05) is 24.5 Å². The number of benzene rings is 2. The van der Waals surface area contributed by atoms with Gasteiger partial charge < -0.3 is 9.30 Å². The maximum absolute atomic E-state index is 13.0. The van der Waals surface area contributed by atoms with E-state index in [0.29, 0.717) is 23.7 Å². The van der Waals surface area contributed by atoms with Crippen LogP contribution in [0.2, 0.25) is 5.02 Å². The third-order valence-corrected chi connectivity index (χ3v) is 7.50. The number of anilines is 1. The van der Waals surface area contributed by atoms with Gasteiger partial charge in [-0.05, 0) is 42.3 Å². The smallest absolute Gasteiger partial charge is 0.415 e. The van der Waals surface area contributed by atoms with Crippen molar-refractivity contribution >= 4 is 23.4 Å². The Bertz CT molecular complexity index is 1270. The van der Waals surface area contributed by atoms with E-state index in [1.807, 2.05) is 55.0 Å². The molecule has 0 aliphatic carbocycles. The van der Waals surface area contributed by atoms with Gasteiger partial charge in [-0.25, -0.2) is 9.78 Å². The third kappa shape index (κ3) is 4.84. The van der Waals surface area contributed by atoms with Crippen LogP contribution >= 0.6 is 11.6 Å². The van der Waals surface area contributed by atoms with Crippen molar-refractivity contribution in [2.45, 2.75) is 51.3 Å². The van der Waals surface area contributed by atoms with Gasteiger partial charge in [0.2, 0.25) is 0 Å². The van der Waals surface area contributed by atoms with Gasteiger partial charge >= 0.3 is 6.09 Å². The van der Waals surface area contributed by atoms with Crippen molar-refractivity contribution in [1.29, 1.82) is 5.26 Å². The molecule has 1 spiro atoms. The number of carbonyl (C=O) groups excluding carboxylic acids is 1. The monoisotopic (exact) mass is 503 g/mol. The van der Waals surface area contributed by atoms with Crippen LogP contribution in [0.25, 0.3) is 0 Å². The molecule has 0 bridgehead atoms. The highest BCUT2D eigenvalue weighted by Gasteiger charge is 2.47. The van der Waals surface area contributed by atoms with Gasteiger partial charge in [-0.1, -0.05) is 37.1 Å². The standard InChI is InChI=1S/C28H30ClN5O2/c1-2-3-12-34-26-9-8-23(29)15-25(26)28(36-27(34)35)10-13-32(14-11-28)19-24-17-31-20-33(24)18-22-6-4-21(16-30)5-7-22/h4-9,15,17,20H,2-3,10-14,18-19H2,1H3. The second kappa shape index (κ2) is 10.3. The van der Waals surface area contributed by atoms with Crippen LogP contribution in [0.15, 0.2) is 55.0 Å². The number of unbranched alkanes of at least 4 members (excludes halogenated alkanes) is 1. The number of rotatable bonds is 7. The minimum Gasteiger partial charge on any atom is -0.437 e. The molecule has 0 radical (unpaired) electrons. The molecule has 2 aliphatic heterocycles. The lowest BCUT2D eigenvalue weighted by atomic mass is 9.82. The Balaban J connectivity index is 1.29. The second-order valence-electron chi connectivity index (χ2n) is 9.63. The molecule has 0 unspecified atom stereocenters. The second-order valence-corrected chi connectivity index (χ2v) is 10.1. The van der Waals surface area contributed by atoms with E-state index in [-0.39, 0.29) is 6.09 Å². The van der Waals surface area contributed by atoms with Crippen LogP contribution in [0, 0.1) is 11.3 Å². The molecular weight excluding hydrogens is 474 g/mol. The number of amides is 1. The number of likely N-dealkylation sites (tertiary alicyclic amines) is 1. The molecule has 8 heteroatoms. The molecule has 36 heavy (non-hydrogen) atoms. The number of piperidine rings is 1. The molecule has 7 nitrogen and oxygen atoms in total. The van der Waals surface area contributed by atoms with Gasteiger partial charge in [-0.3, -0.25) is 9.80 Å². The summed E-state index contributed by atoms with van der Waals surface area (Å²) in [6.45, 7) is 5.84. The number of hydrogen-bond acceptors (Lipinski definition) is 5. The Kier molecular flexibility index (Phi) is 6.99. The molecule has 1 aromatic heterocycles. The van der Waals surface area contributed by atoms with E-state index in [1.54, 1.807) is 4.90 Å². The zero-order valence-electron chi connectivity index (χ0n) is 20.5. The van der Waals surface area contributed by atoms with Crippen LogP contribution in [-0.4, -0.2) is 40.2 Å². The first-order valence-electron chi connectivity index (χ1n) is 12.5. The first-order valence-corrected chi connectivity index (χ1v) is 12.9. The number of ether oxygens (including phenoxy) is 1. The van der Waals surface area contributed by atoms with Gasteiger partial charge in [0.1, 0.15) is 5.60 Å². The Morgan fingerprint density at radius 1 is 1.14 bits per heavy atom. The lowest BCUT2D eigenvalue weighted by Crippen LogP contribution is -2.51. The molecule has 2 aliphatic rings. The summed E-state index contributed by atoms with van der Waals surface area (Å²) in [7, 11) is 0. The largest absolute Gasteiger partial charge is 0.437 e. The fourth-order valence-electron chi connectivity index (χ4n) is 5.19. The van der Waals surface area contributed by atoms with E-state index in [2.05, 4.69) is 27.4 Å². The quantitative estimate of drug-likeness (QED) is 0.413. The average Bonchev–Trinajstić information content (AvgIpc) is 3.32. The first-order chi connectivity index (χ1) is 17.5. The summed E-state index contributed by atoms with van der Waals surface area (Å²) in [4.78, 5) is 21.6. The fraction of sp³-hybridized carbons (Fsp3) is 0.393. The highest BCUT2D eigenvalue weighted by molar-refractivity contribution is 6.30. The highest BCUT2D eigenvalue weighted by Crippen LogP contribution is 2.46. The third-order valence-electron chi connectivity index (χ3n) is 7.26. The van der Waals surface area contributed by atoms with Crippen LogP contribution < -0.4 is 4.90 Å². The summed E-state index contributed by atoms with van der Waals surface area (Å²) in [5.74, 6) is 0. The van der Waals surface area contributed by atoms with E-state index < -0.39 is 5.60 Å². The maximum atomic E-state index is 13.0. The molecule has 1 amide bonds. The predicted molar refractivity (Wildman–Crippen MR) is 139 cm³/mol. The van der Waals surface area contributed by atoms with E-state index >= 15 is 0 Å². The van der Waals surface area contributed by atoms with Crippen molar-refractivity contribution in [1.82, 2.24) is 14.5 Å². The topological polar surface area (TPSA) is 74.4 Å². The maximum Gasteiger partial charge on any atom is 0.415 e. The van der Waals surface area contributed by atoms with Gasteiger partial charge in [-0.2, -0.15) is 5.26 Å². The van der Waals surface area contributed by atoms with Crippen LogP contribution in [-0.2, 0) is 23.4 Å². The predicted octanol–water partition coefficient (Wildman–Crippen LogP) is 5.70. The molecule has 1 saturated heterocycles. The summed E-state index contributed by atoms with van der Waals surface area (Å²) < 4.78 is 8.32. The lowest BCUT2D eigenvalue weighted by Gasteiger charge is -2.47. The van der Waals surface area contributed by atoms with Gasteiger partial charge in [0, 0.05) is 62.3 Å². The summed E-state index contributed by atoms with van der Waals surface area (Å²) in [5.41, 5.74) is 4.23. The molecule has 0 saturated carbocycles. The van der Waals surface area contributed by atoms with Crippen LogP contribution in [0.1, 0.15) is 55.0 Å². The SMILES string of the molecule is CCCCN1C(=O)OC2(CCN(Cc3cncn3Cc3ccc(C#N)cc3)CC2)c2cc(Cl)ccc21. The van der Waals surface area contributed by atoms with Crippen LogP contribution in [0.5, 0.6) is 0 Å².